The summed E-state index contributed by atoms with van der Waals surface area (Å²) in [5, 5.41) is 3.09. The van der Waals surface area contributed by atoms with Crippen molar-refractivity contribution in [2.24, 2.45) is 0 Å². The number of benzene rings is 2. The first kappa shape index (κ1) is 17.5. The third-order valence-corrected chi connectivity index (χ3v) is 5.22. The van der Waals surface area contributed by atoms with Crippen LogP contribution < -0.4 is 10.1 Å². The molecular formula is C21H24FNO2. The first-order chi connectivity index (χ1) is 12.1. The van der Waals surface area contributed by atoms with Crippen LogP contribution in [0.25, 0.3) is 0 Å². The van der Waals surface area contributed by atoms with E-state index in [9.17, 15) is 9.18 Å². The van der Waals surface area contributed by atoms with Gasteiger partial charge in [0, 0.05) is 5.56 Å². The van der Waals surface area contributed by atoms with E-state index in [2.05, 4.69) is 5.32 Å². The molecule has 0 radical (unpaired) electrons. The van der Waals surface area contributed by atoms with Crippen molar-refractivity contribution in [1.29, 1.82) is 0 Å². The van der Waals surface area contributed by atoms with Gasteiger partial charge in [0.15, 0.2) is 0 Å². The van der Waals surface area contributed by atoms with Crippen LogP contribution in [0.5, 0.6) is 5.75 Å². The first-order valence-electron chi connectivity index (χ1n) is 8.77. The normalized spacial score (nSPS) is 17.1. The van der Waals surface area contributed by atoms with Crippen molar-refractivity contribution in [3.63, 3.8) is 0 Å². The quantitative estimate of drug-likeness (QED) is 0.868. The third-order valence-electron chi connectivity index (χ3n) is 5.22. The van der Waals surface area contributed by atoms with E-state index in [0.717, 1.165) is 31.2 Å². The fourth-order valence-electron chi connectivity index (χ4n) is 3.84. The van der Waals surface area contributed by atoms with E-state index in [4.69, 9.17) is 4.74 Å². The molecule has 0 aliphatic heterocycles. The summed E-state index contributed by atoms with van der Waals surface area (Å²) in [4.78, 5) is 13.2. The summed E-state index contributed by atoms with van der Waals surface area (Å²) in [6.45, 7) is 1.86. The number of amides is 1. The molecular weight excluding hydrogens is 317 g/mol. The highest BCUT2D eigenvalue weighted by Crippen LogP contribution is 2.42. The molecule has 4 heteroatoms. The molecule has 3 rings (SSSR count). The Hall–Kier alpha value is -2.36. The van der Waals surface area contributed by atoms with Gasteiger partial charge in [-0.1, -0.05) is 43.2 Å². The van der Waals surface area contributed by atoms with E-state index < -0.39 is 5.41 Å². The van der Waals surface area contributed by atoms with Gasteiger partial charge in [-0.2, -0.15) is 0 Å². The lowest BCUT2D eigenvalue weighted by Gasteiger charge is -2.30. The van der Waals surface area contributed by atoms with Crippen LogP contribution in [-0.2, 0) is 10.2 Å². The van der Waals surface area contributed by atoms with Gasteiger partial charge in [-0.25, -0.2) is 4.39 Å². The molecule has 3 nitrogen and oxygen atoms in total. The maximum atomic E-state index is 13.7. The third kappa shape index (κ3) is 3.39. The Morgan fingerprint density at radius 3 is 2.48 bits per heavy atom. The summed E-state index contributed by atoms with van der Waals surface area (Å²) in [7, 11) is 1.55. The number of halogens is 1. The van der Waals surface area contributed by atoms with Crippen LogP contribution in [0.4, 0.5) is 4.39 Å². The highest BCUT2D eigenvalue weighted by atomic mass is 19.1. The summed E-state index contributed by atoms with van der Waals surface area (Å²) < 4.78 is 19.0. The predicted octanol–water partition coefficient (Wildman–Crippen LogP) is 4.52. The Bertz CT molecular complexity index is 739. The van der Waals surface area contributed by atoms with Gasteiger partial charge in [-0.05, 0) is 43.5 Å². The molecule has 2 aromatic carbocycles. The summed E-state index contributed by atoms with van der Waals surface area (Å²) in [5.74, 6) is 0.250. The van der Waals surface area contributed by atoms with Crippen molar-refractivity contribution in [1.82, 2.24) is 5.32 Å². The van der Waals surface area contributed by atoms with Crippen molar-refractivity contribution in [3.8, 4) is 5.75 Å². The van der Waals surface area contributed by atoms with Crippen molar-refractivity contribution < 1.29 is 13.9 Å². The van der Waals surface area contributed by atoms with E-state index in [1.54, 1.807) is 13.2 Å². The molecule has 132 valence electrons. The zero-order valence-corrected chi connectivity index (χ0v) is 14.7. The minimum atomic E-state index is -0.490. The van der Waals surface area contributed by atoms with Crippen LogP contribution in [0, 0.1) is 5.82 Å². The van der Waals surface area contributed by atoms with E-state index in [-0.39, 0.29) is 17.8 Å². The Morgan fingerprint density at radius 1 is 1.16 bits per heavy atom. The standard InChI is InChI=1S/C21H24FNO2/c1-15(18-14-17(22)10-11-19(18)25-2)23-20(24)21(12-6-7-13-21)16-8-4-3-5-9-16/h3-5,8-11,14-15H,6-7,12-13H2,1-2H3,(H,23,24). The van der Waals surface area contributed by atoms with Gasteiger partial charge in [0.25, 0.3) is 0 Å². The largest absolute Gasteiger partial charge is 0.496 e. The van der Waals surface area contributed by atoms with E-state index in [1.807, 2.05) is 37.3 Å². The number of carbonyl (C=O) groups excluding carboxylic acids is 1. The zero-order chi connectivity index (χ0) is 17.9. The van der Waals surface area contributed by atoms with Crippen molar-refractivity contribution in [2.45, 2.75) is 44.1 Å². The Labute approximate surface area is 148 Å². The number of nitrogens with one attached hydrogen (secondary N) is 1. The van der Waals surface area contributed by atoms with Crippen molar-refractivity contribution >= 4 is 5.91 Å². The maximum absolute atomic E-state index is 13.7. The van der Waals surface area contributed by atoms with Crippen LogP contribution in [-0.4, -0.2) is 13.0 Å². The molecule has 1 amide bonds. The van der Waals surface area contributed by atoms with Gasteiger partial charge in [-0.15, -0.1) is 0 Å². The van der Waals surface area contributed by atoms with Crippen LogP contribution in [0.1, 0.15) is 49.8 Å². The monoisotopic (exact) mass is 341 g/mol. The summed E-state index contributed by atoms with van der Waals surface area (Å²) >= 11 is 0. The molecule has 1 saturated carbocycles. The van der Waals surface area contributed by atoms with Crippen molar-refractivity contribution in [2.75, 3.05) is 7.11 Å². The molecule has 1 N–H and O–H groups in total. The van der Waals surface area contributed by atoms with Gasteiger partial charge in [0.05, 0.1) is 18.6 Å². The molecule has 1 aliphatic rings. The number of rotatable bonds is 5. The number of hydrogen-bond acceptors (Lipinski definition) is 2. The van der Waals surface area contributed by atoms with Crippen LogP contribution in [0.15, 0.2) is 48.5 Å². The lowest BCUT2D eigenvalue weighted by atomic mass is 9.77. The van der Waals surface area contributed by atoms with Gasteiger partial charge >= 0.3 is 0 Å². The van der Waals surface area contributed by atoms with E-state index in [0.29, 0.717) is 11.3 Å². The second-order valence-corrected chi connectivity index (χ2v) is 6.74. The Kier molecular flexibility index (Phi) is 5.07. The highest BCUT2D eigenvalue weighted by molar-refractivity contribution is 5.89. The van der Waals surface area contributed by atoms with Gasteiger partial charge in [-0.3, -0.25) is 4.79 Å². The summed E-state index contributed by atoms with van der Waals surface area (Å²) in [6.07, 6.45) is 3.77. The maximum Gasteiger partial charge on any atom is 0.231 e. The second kappa shape index (κ2) is 7.26. The molecule has 1 unspecified atom stereocenters. The van der Waals surface area contributed by atoms with Gasteiger partial charge < -0.3 is 10.1 Å². The minimum absolute atomic E-state index is 0.00927. The highest BCUT2D eigenvalue weighted by Gasteiger charge is 2.43. The fourth-order valence-corrected chi connectivity index (χ4v) is 3.84. The first-order valence-corrected chi connectivity index (χ1v) is 8.77. The molecule has 2 aromatic rings. The molecule has 0 aromatic heterocycles. The van der Waals surface area contributed by atoms with Gasteiger partial charge in [0.2, 0.25) is 5.91 Å². The molecule has 1 atom stereocenters. The number of carbonyl (C=O) groups is 1. The smallest absolute Gasteiger partial charge is 0.231 e. The lowest BCUT2D eigenvalue weighted by Crippen LogP contribution is -2.43. The Morgan fingerprint density at radius 2 is 1.84 bits per heavy atom. The van der Waals surface area contributed by atoms with E-state index in [1.165, 1.54) is 12.1 Å². The summed E-state index contributed by atoms with van der Waals surface area (Å²) in [6, 6.07) is 14.0. The minimum Gasteiger partial charge on any atom is -0.496 e. The summed E-state index contributed by atoms with van der Waals surface area (Å²) in [5.41, 5.74) is 1.22. The topological polar surface area (TPSA) is 38.3 Å². The Balaban J connectivity index is 1.86. The fraction of sp³-hybridized carbons (Fsp3) is 0.381. The molecule has 25 heavy (non-hydrogen) atoms. The zero-order valence-electron chi connectivity index (χ0n) is 14.7. The molecule has 0 spiro atoms. The number of ether oxygens (including phenoxy) is 1. The van der Waals surface area contributed by atoms with Crippen molar-refractivity contribution in [3.05, 3.63) is 65.5 Å². The van der Waals surface area contributed by atoms with E-state index >= 15 is 0 Å². The van der Waals surface area contributed by atoms with Gasteiger partial charge in [0.1, 0.15) is 11.6 Å². The molecule has 0 saturated heterocycles. The van der Waals surface area contributed by atoms with Crippen LogP contribution >= 0.6 is 0 Å². The van der Waals surface area contributed by atoms with Crippen LogP contribution in [0.2, 0.25) is 0 Å². The van der Waals surface area contributed by atoms with Crippen LogP contribution in [0.3, 0.4) is 0 Å². The molecule has 1 fully saturated rings. The SMILES string of the molecule is COc1ccc(F)cc1C(C)NC(=O)C1(c2ccccc2)CCCC1. The molecule has 1 aliphatic carbocycles. The number of hydrogen-bond donors (Lipinski definition) is 1. The average Bonchev–Trinajstić information content (AvgIpc) is 3.13. The number of methoxy groups -OCH3 is 1. The molecule has 0 bridgehead atoms. The second-order valence-electron chi connectivity index (χ2n) is 6.74. The molecule has 0 heterocycles. The average molecular weight is 341 g/mol. The predicted molar refractivity (Wildman–Crippen MR) is 96.1 cm³/mol. The lowest BCUT2D eigenvalue weighted by molar-refractivity contribution is -0.127.